The maximum atomic E-state index is 13.2. The van der Waals surface area contributed by atoms with Crippen molar-refractivity contribution >= 4 is 35.2 Å². The molecular weight excluding hydrogens is 493 g/mol. The SMILES string of the molecule is CC.CC(C)(N)CN=C(NSc1ccc(Cl)cc1)N1CCC(c2ccc(F)cc2)=N1.c1ccccc1. The van der Waals surface area contributed by atoms with Crippen molar-refractivity contribution in [1.29, 1.82) is 0 Å². The van der Waals surface area contributed by atoms with E-state index in [0.717, 1.165) is 22.6 Å². The molecule has 0 atom stereocenters. The van der Waals surface area contributed by atoms with Crippen LogP contribution in [0, 0.1) is 5.82 Å². The summed E-state index contributed by atoms with van der Waals surface area (Å²) in [6.07, 6.45) is 0.754. The van der Waals surface area contributed by atoms with Crippen molar-refractivity contribution in [1.82, 2.24) is 9.73 Å². The van der Waals surface area contributed by atoms with Crippen LogP contribution in [-0.4, -0.2) is 35.3 Å². The van der Waals surface area contributed by atoms with Gasteiger partial charge in [-0.05, 0) is 67.8 Å². The molecular formula is C28H35ClFN5S. The molecule has 4 rings (SSSR count). The topological polar surface area (TPSA) is 66.0 Å². The number of nitrogens with zero attached hydrogens (tertiary/aromatic N) is 3. The largest absolute Gasteiger partial charge is 0.324 e. The number of benzene rings is 3. The minimum Gasteiger partial charge on any atom is -0.324 e. The molecule has 1 aliphatic rings. The zero-order valence-electron chi connectivity index (χ0n) is 21.3. The summed E-state index contributed by atoms with van der Waals surface area (Å²) in [4.78, 5) is 5.65. The molecule has 0 radical (unpaired) electrons. The highest BCUT2D eigenvalue weighted by atomic mass is 35.5. The smallest absolute Gasteiger partial charge is 0.225 e. The normalized spacial score (nSPS) is 13.1. The summed E-state index contributed by atoms with van der Waals surface area (Å²) in [5.74, 6) is 0.378. The molecule has 0 aliphatic carbocycles. The summed E-state index contributed by atoms with van der Waals surface area (Å²) in [6, 6.07) is 25.9. The molecule has 36 heavy (non-hydrogen) atoms. The van der Waals surface area contributed by atoms with Gasteiger partial charge in [-0.15, -0.1) is 0 Å². The standard InChI is InChI=1S/C20H23ClFN5S.C6H6.C2H6/c1-20(2,23)13-24-19(26-28-17-9-5-15(21)6-10-17)27-12-11-18(25-27)14-3-7-16(22)8-4-14;1-2-4-6-5-3-1;1-2/h3-10H,11-13,23H2,1-2H3,(H,24,26);1-6H;1-2H3. The number of halogens is 2. The number of hydrazone groups is 1. The van der Waals surface area contributed by atoms with Crippen molar-refractivity contribution in [2.75, 3.05) is 13.1 Å². The monoisotopic (exact) mass is 527 g/mol. The zero-order chi connectivity index (χ0) is 26.4. The molecule has 3 aromatic rings. The van der Waals surface area contributed by atoms with Crippen LogP contribution in [0.4, 0.5) is 4.39 Å². The first-order valence-electron chi connectivity index (χ1n) is 11.9. The van der Waals surface area contributed by atoms with Crippen LogP contribution in [0.1, 0.15) is 39.7 Å². The molecule has 3 aromatic carbocycles. The van der Waals surface area contributed by atoms with Crippen LogP contribution in [0.2, 0.25) is 5.02 Å². The molecule has 1 aliphatic heterocycles. The molecule has 0 aromatic heterocycles. The number of nitrogens with two attached hydrogens (primary N) is 1. The molecule has 1 heterocycles. The van der Waals surface area contributed by atoms with Crippen molar-refractivity contribution in [3.05, 3.63) is 101 Å². The lowest BCUT2D eigenvalue weighted by molar-refractivity contribution is 0.468. The molecule has 0 amide bonds. The molecule has 0 spiro atoms. The third-order valence-electron chi connectivity index (χ3n) is 4.60. The van der Waals surface area contributed by atoms with E-state index in [1.54, 1.807) is 12.1 Å². The van der Waals surface area contributed by atoms with E-state index in [0.29, 0.717) is 24.1 Å². The average molecular weight is 528 g/mol. The van der Waals surface area contributed by atoms with Crippen LogP contribution >= 0.6 is 23.5 Å². The highest BCUT2D eigenvalue weighted by molar-refractivity contribution is 7.98. The van der Waals surface area contributed by atoms with Crippen LogP contribution < -0.4 is 10.5 Å². The summed E-state index contributed by atoms with van der Waals surface area (Å²) < 4.78 is 16.5. The number of nitrogens with one attached hydrogen (secondary N) is 1. The Bertz CT molecular complexity index is 1050. The summed E-state index contributed by atoms with van der Waals surface area (Å²) in [7, 11) is 0. The van der Waals surface area contributed by atoms with E-state index in [4.69, 9.17) is 17.3 Å². The lowest BCUT2D eigenvalue weighted by Gasteiger charge is -2.20. The second-order valence-corrected chi connectivity index (χ2v) is 9.68. The van der Waals surface area contributed by atoms with Crippen LogP contribution in [0.5, 0.6) is 0 Å². The predicted molar refractivity (Wildman–Crippen MR) is 153 cm³/mol. The van der Waals surface area contributed by atoms with Crippen molar-refractivity contribution in [3.8, 4) is 0 Å². The van der Waals surface area contributed by atoms with Gasteiger partial charge in [-0.2, -0.15) is 5.10 Å². The van der Waals surface area contributed by atoms with Gasteiger partial charge in [0.15, 0.2) is 0 Å². The fourth-order valence-corrected chi connectivity index (χ4v) is 3.67. The van der Waals surface area contributed by atoms with E-state index in [2.05, 4.69) is 14.8 Å². The lowest BCUT2D eigenvalue weighted by atomic mass is 10.1. The van der Waals surface area contributed by atoms with E-state index in [1.807, 2.05) is 93.4 Å². The van der Waals surface area contributed by atoms with Crippen LogP contribution in [0.3, 0.4) is 0 Å². The third-order valence-corrected chi connectivity index (χ3v) is 5.65. The van der Waals surface area contributed by atoms with Crippen molar-refractivity contribution < 1.29 is 4.39 Å². The Morgan fingerprint density at radius 1 is 1.03 bits per heavy atom. The summed E-state index contributed by atoms with van der Waals surface area (Å²) in [5.41, 5.74) is 7.47. The molecule has 0 unspecified atom stereocenters. The molecule has 3 N–H and O–H groups in total. The van der Waals surface area contributed by atoms with Gasteiger partial charge in [-0.3, -0.25) is 4.72 Å². The van der Waals surface area contributed by atoms with Gasteiger partial charge in [0.1, 0.15) is 5.82 Å². The maximum absolute atomic E-state index is 13.2. The number of rotatable bonds is 5. The Kier molecular flexibility index (Phi) is 12.5. The van der Waals surface area contributed by atoms with Gasteiger partial charge >= 0.3 is 0 Å². The first-order chi connectivity index (χ1) is 17.3. The molecule has 0 bridgehead atoms. The second kappa shape index (κ2) is 15.3. The highest BCUT2D eigenvalue weighted by Crippen LogP contribution is 2.20. The fourth-order valence-electron chi connectivity index (χ4n) is 2.89. The van der Waals surface area contributed by atoms with Crippen molar-refractivity contribution in [2.45, 2.75) is 44.6 Å². The fraction of sp³-hybridized carbons (Fsp3) is 0.286. The number of aliphatic imine (C=N–C) groups is 1. The molecule has 0 saturated heterocycles. The van der Waals surface area contributed by atoms with Gasteiger partial charge < -0.3 is 5.73 Å². The summed E-state index contributed by atoms with van der Waals surface area (Å²) in [5, 5.41) is 7.19. The molecule has 5 nitrogen and oxygen atoms in total. The molecule has 0 fully saturated rings. The van der Waals surface area contributed by atoms with Gasteiger partial charge in [0.05, 0.1) is 18.8 Å². The van der Waals surface area contributed by atoms with E-state index in [1.165, 1.54) is 24.1 Å². The van der Waals surface area contributed by atoms with E-state index < -0.39 is 5.54 Å². The average Bonchev–Trinajstić information content (AvgIpc) is 3.38. The maximum Gasteiger partial charge on any atom is 0.225 e. The first-order valence-corrected chi connectivity index (χ1v) is 13.1. The number of guanidine groups is 1. The van der Waals surface area contributed by atoms with Crippen molar-refractivity contribution in [2.24, 2.45) is 15.8 Å². The van der Waals surface area contributed by atoms with Crippen LogP contribution in [0.25, 0.3) is 0 Å². The minimum absolute atomic E-state index is 0.257. The van der Waals surface area contributed by atoms with Crippen molar-refractivity contribution in [3.63, 3.8) is 0 Å². The third kappa shape index (κ3) is 10.8. The van der Waals surface area contributed by atoms with Gasteiger partial charge in [0, 0.05) is 21.9 Å². The molecule has 0 saturated carbocycles. The van der Waals surface area contributed by atoms with E-state index in [9.17, 15) is 4.39 Å². The quantitative estimate of drug-likeness (QED) is 0.213. The highest BCUT2D eigenvalue weighted by Gasteiger charge is 2.21. The Morgan fingerprint density at radius 2 is 1.58 bits per heavy atom. The van der Waals surface area contributed by atoms with E-state index in [-0.39, 0.29) is 5.82 Å². The minimum atomic E-state index is -0.429. The Hall–Kier alpha value is -2.87. The van der Waals surface area contributed by atoms with Gasteiger partial charge in [-0.1, -0.05) is 74.0 Å². The van der Waals surface area contributed by atoms with Crippen LogP contribution in [-0.2, 0) is 0 Å². The number of hydrogen-bond acceptors (Lipinski definition) is 4. The lowest BCUT2D eigenvalue weighted by Crippen LogP contribution is -2.39. The Balaban J connectivity index is 0.000000491. The van der Waals surface area contributed by atoms with Gasteiger partial charge in [0.25, 0.3) is 0 Å². The summed E-state index contributed by atoms with van der Waals surface area (Å²) in [6.45, 7) is 8.99. The second-order valence-electron chi connectivity index (χ2n) is 8.37. The number of hydrogen-bond donors (Lipinski definition) is 2. The first kappa shape index (κ1) is 29.4. The molecule has 8 heteroatoms. The van der Waals surface area contributed by atoms with E-state index >= 15 is 0 Å². The predicted octanol–water partition coefficient (Wildman–Crippen LogP) is 6.99. The Morgan fingerprint density at radius 3 is 2.11 bits per heavy atom. The zero-order valence-corrected chi connectivity index (χ0v) is 22.9. The molecule has 192 valence electrons. The Labute approximate surface area is 223 Å². The van der Waals surface area contributed by atoms with Gasteiger partial charge in [0.2, 0.25) is 5.96 Å². The van der Waals surface area contributed by atoms with Crippen LogP contribution in [0.15, 0.2) is 99.9 Å². The van der Waals surface area contributed by atoms with Gasteiger partial charge in [-0.25, -0.2) is 14.4 Å². The summed E-state index contributed by atoms with van der Waals surface area (Å²) >= 11 is 7.38.